The number of ether oxygens (including phenoxy) is 1. The summed E-state index contributed by atoms with van der Waals surface area (Å²) in [4.78, 5) is 28.9. The summed E-state index contributed by atoms with van der Waals surface area (Å²) in [6.07, 6.45) is 0.333. The highest BCUT2D eigenvalue weighted by atomic mass is 35.5. The van der Waals surface area contributed by atoms with Gasteiger partial charge in [-0.1, -0.05) is 102 Å². The number of carbonyl (C=O) groups is 2. The van der Waals surface area contributed by atoms with E-state index < -0.39 is 6.04 Å². The van der Waals surface area contributed by atoms with Gasteiger partial charge in [-0.15, -0.1) is 0 Å². The Morgan fingerprint density at radius 2 is 1.39 bits per heavy atom. The van der Waals surface area contributed by atoms with Crippen LogP contribution in [0.15, 0.2) is 109 Å². The second kappa shape index (κ2) is 13.7. The van der Waals surface area contributed by atoms with Crippen LogP contribution in [-0.2, 0) is 29.1 Å². The lowest BCUT2D eigenvalue weighted by molar-refractivity contribution is -0.142. The molecule has 4 aromatic carbocycles. The Hall–Kier alpha value is -3.80. The van der Waals surface area contributed by atoms with Gasteiger partial charge in [-0.05, 0) is 47.0 Å². The fourth-order valence-corrected chi connectivity index (χ4v) is 4.36. The molecule has 1 atom stereocenters. The molecule has 2 amide bonds. The normalized spacial score (nSPS) is 11.4. The Kier molecular flexibility index (Phi) is 9.79. The number of carbonyl (C=O) groups excluding carboxylic acids is 2. The third-order valence-electron chi connectivity index (χ3n) is 6.05. The first-order valence-corrected chi connectivity index (χ1v) is 13.0. The molecule has 0 unspecified atom stereocenters. The quantitative estimate of drug-likeness (QED) is 0.239. The first-order chi connectivity index (χ1) is 18.5. The zero-order valence-electron chi connectivity index (χ0n) is 20.7. The van der Waals surface area contributed by atoms with Crippen LogP contribution in [0.25, 0.3) is 0 Å². The van der Waals surface area contributed by atoms with Gasteiger partial charge >= 0.3 is 0 Å². The van der Waals surface area contributed by atoms with E-state index in [-0.39, 0.29) is 31.5 Å². The molecule has 0 spiro atoms. The lowest BCUT2D eigenvalue weighted by Gasteiger charge is -2.31. The second-order valence-corrected chi connectivity index (χ2v) is 9.61. The van der Waals surface area contributed by atoms with E-state index in [0.717, 1.165) is 16.7 Å². The van der Waals surface area contributed by atoms with Gasteiger partial charge in [-0.25, -0.2) is 0 Å². The van der Waals surface area contributed by atoms with E-state index in [0.29, 0.717) is 22.2 Å². The molecule has 0 aromatic heterocycles. The molecule has 4 rings (SSSR count). The number of hydrogen-bond donors (Lipinski definition) is 1. The van der Waals surface area contributed by atoms with E-state index >= 15 is 0 Å². The topological polar surface area (TPSA) is 58.6 Å². The summed E-state index contributed by atoms with van der Waals surface area (Å²) in [5, 5.41) is 4.15. The summed E-state index contributed by atoms with van der Waals surface area (Å²) < 4.78 is 5.77. The average molecular weight is 547 g/mol. The highest BCUT2D eigenvalue weighted by molar-refractivity contribution is 6.31. The third-order valence-corrected chi connectivity index (χ3v) is 6.67. The SMILES string of the molecule is O=C(NCc1ccccc1Cl)[C@@H](Cc1ccccc1)N(Cc1ccc(Cl)cc1)C(=O)COc1ccccc1. The minimum absolute atomic E-state index is 0.208. The molecular formula is C31H28Cl2N2O3. The molecule has 0 fully saturated rings. The van der Waals surface area contributed by atoms with E-state index in [2.05, 4.69) is 5.32 Å². The summed E-state index contributed by atoms with van der Waals surface area (Å²) in [6.45, 7) is 0.249. The van der Waals surface area contributed by atoms with Crippen molar-refractivity contribution in [2.24, 2.45) is 0 Å². The van der Waals surface area contributed by atoms with Crippen LogP contribution >= 0.6 is 23.2 Å². The molecule has 4 aromatic rings. The Labute approximate surface area is 233 Å². The minimum Gasteiger partial charge on any atom is -0.484 e. The van der Waals surface area contributed by atoms with Crippen molar-refractivity contribution in [1.29, 1.82) is 0 Å². The van der Waals surface area contributed by atoms with Gasteiger partial charge in [0.2, 0.25) is 5.91 Å². The molecule has 0 bridgehead atoms. The van der Waals surface area contributed by atoms with Gasteiger partial charge in [0.15, 0.2) is 6.61 Å². The molecule has 0 heterocycles. The van der Waals surface area contributed by atoms with Gasteiger partial charge in [0.1, 0.15) is 11.8 Å². The van der Waals surface area contributed by atoms with Crippen molar-refractivity contribution in [3.63, 3.8) is 0 Å². The molecule has 0 radical (unpaired) electrons. The van der Waals surface area contributed by atoms with Crippen molar-refractivity contribution >= 4 is 35.0 Å². The zero-order valence-corrected chi connectivity index (χ0v) is 22.2. The molecular weight excluding hydrogens is 519 g/mol. The molecule has 0 aliphatic rings. The number of nitrogens with one attached hydrogen (secondary N) is 1. The van der Waals surface area contributed by atoms with Gasteiger partial charge < -0.3 is 15.0 Å². The Balaban J connectivity index is 1.61. The molecule has 5 nitrogen and oxygen atoms in total. The first-order valence-electron chi connectivity index (χ1n) is 12.3. The standard InChI is InChI=1S/C31H28Cl2N2O3/c32-26-17-15-24(16-18-26)21-35(30(36)22-38-27-12-5-2-6-13-27)29(19-23-9-3-1-4-10-23)31(37)34-20-25-11-7-8-14-28(25)33/h1-18,29H,19-22H2,(H,34,37)/t29-/m1/s1. The van der Waals surface area contributed by atoms with E-state index in [1.165, 1.54) is 0 Å². The third kappa shape index (κ3) is 7.85. The van der Waals surface area contributed by atoms with Gasteiger partial charge in [-0.3, -0.25) is 9.59 Å². The fourth-order valence-electron chi connectivity index (χ4n) is 4.03. The van der Waals surface area contributed by atoms with E-state index in [1.807, 2.05) is 78.9 Å². The highest BCUT2D eigenvalue weighted by Gasteiger charge is 2.30. The lowest BCUT2D eigenvalue weighted by Crippen LogP contribution is -2.51. The maximum Gasteiger partial charge on any atom is 0.261 e. The molecule has 1 N–H and O–H groups in total. The van der Waals surface area contributed by atoms with Crippen LogP contribution in [0, 0.1) is 0 Å². The Morgan fingerprint density at radius 3 is 2.08 bits per heavy atom. The van der Waals surface area contributed by atoms with Gasteiger partial charge in [0, 0.05) is 29.6 Å². The monoisotopic (exact) mass is 546 g/mol. The van der Waals surface area contributed by atoms with Crippen LogP contribution < -0.4 is 10.1 Å². The van der Waals surface area contributed by atoms with Crippen molar-refractivity contribution in [3.05, 3.63) is 136 Å². The van der Waals surface area contributed by atoms with Crippen LogP contribution in [0.2, 0.25) is 10.0 Å². The summed E-state index contributed by atoms with van der Waals surface area (Å²) >= 11 is 12.4. The van der Waals surface area contributed by atoms with Crippen LogP contribution in [0.5, 0.6) is 5.75 Å². The van der Waals surface area contributed by atoms with Gasteiger partial charge in [-0.2, -0.15) is 0 Å². The summed E-state index contributed by atoms with van der Waals surface area (Å²) in [5.74, 6) is -0.0106. The number of para-hydroxylation sites is 1. The van der Waals surface area contributed by atoms with Gasteiger partial charge in [0.25, 0.3) is 5.91 Å². The number of rotatable bonds is 11. The molecule has 0 saturated carbocycles. The number of nitrogens with zero attached hydrogens (tertiary/aromatic N) is 1. The van der Waals surface area contributed by atoms with Crippen molar-refractivity contribution in [2.45, 2.75) is 25.6 Å². The second-order valence-electron chi connectivity index (χ2n) is 8.76. The predicted molar refractivity (Wildman–Crippen MR) is 151 cm³/mol. The zero-order chi connectivity index (χ0) is 26.7. The lowest BCUT2D eigenvalue weighted by atomic mass is 10.0. The predicted octanol–water partition coefficient (Wildman–Crippen LogP) is 6.33. The van der Waals surface area contributed by atoms with Crippen LogP contribution in [0.3, 0.4) is 0 Å². The van der Waals surface area contributed by atoms with Crippen LogP contribution in [-0.4, -0.2) is 29.4 Å². The number of benzene rings is 4. The first kappa shape index (κ1) is 27.2. The van der Waals surface area contributed by atoms with E-state index in [4.69, 9.17) is 27.9 Å². The summed E-state index contributed by atoms with van der Waals surface area (Å²) in [6, 6.07) is 32.6. The highest BCUT2D eigenvalue weighted by Crippen LogP contribution is 2.19. The van der Waals surface area contributed by atoms with Crippen LogP contribution in [0.1, 0.15) is 16.7 Å². The molecule has 38 heavy (non-hydrogen) atoms. The maximum absolute atomic E-state index is 13.7. The molecule has 0 saturated heterocycles. The number of hydrogen-bond acceptors (Lipinski definition) is 3. The minimum atomic E-state index is -0.789. The van der Waals surface area contributed by atoms with Gasteiger partial charge in [0.05, 0.1) is 0 Å². The number of halogens is 2. The smallest absolute Gasteiger partial charge is 0.261 e. The average Bonchev–Trinajstić information content (AvgIpc) is 2.95. The van der Waals surface area contributed by atoms with Crippen molar-refractivity contribution < 1.29 is 14.3 Å². The maximum atomic E-state index is 13.7. The number of amides is 2. The van der Waals surface area contributed by atoms with E-state index in [9.17, 15) is 9.59 Å². The largest absolute Gasteiger partial charge is 0.484 e. The molecule has 194 valence electrons. The van der Waals surface area contributed by atoms with Crippen LogP contribution in [0.4, 0.5) is 0 Å². The molecule has 7 heteroatoms. The Bertz CT molecular complexity index is 1330. The van der Waals surface area contributed by atoms with Crippen molar-refractivity contribution in [3.8, 4) is 5.75 Å². The Morgan fingerprint density at radius 1 is 0.763 bits per heavy atom. The summed E-state index contributed by atoms with van der Waals surface area (Å²) in [7, 11) is 0. The van der Waals surface area contributed by atoms with Crippen molar-refractivity contribution in [2.75, 3.05) is 6.61 Å². The van der Waals surface area contributed by atoms with Crippen molar-refractivity contribution in [1.82, 2.24) is 10.2 Å². The van der Waals surface area contributed by atoms with E-state index in [1.54, 1.807) is 35.2 Å². The molecule has 0 aliphatic heterocycles. The summed E-state index contributed by atoms with van der Waals surface area (Å²) in [5.41, 5.74) is 2.58. The molecule has 0 aliphatic carbocycles. The fraction of sp³-hybridized carbons (Fsp3) is 0.161.